The minimum absolute atomic E-state index is 0.106. The SMILES string of the molecule is O=C(CCCc1ccccc1)N/N=C/C1(c2ccccc2)CC1(Cl)Cl. The minimum atomic E-state index is -0.879. The van der Waals surface area contributed by atoms with Gasteiger partial charge in [-0.1, -0.05) is 60.7 Å². The van der Waals surface area contributed by atoms with Gasteiger partial charge in [-0.2, -0.15) is 5.10 Å². The van der Waals surface area contributed by atoms with Crippen LogP contribution in [0.4, 0.5) is 0 Å². The smallest absolute Gasteiger partial charge is 0.240 e. The van der Waals surface area contributed by atoms with Crippen LogP contribution in [0.3, 0.4) is 0 Å². The standard InChI is InChI=1S/C20H20Cl2N2O/c21-20(22)14-19(20,17-11-5-2-6-12-17)15-23-24-18(25)13-7-10-16-8-3-1-4-9-16/h1-6,8-9,11-12,15H,7,10,13-14H2,(H,24,25)/b23-15+. The van der Waals surface area contributed by atoms with E-state index in [2.05, 4.69) is 22.7 Å². The predicted octanol–water partition coefficient (Wildman–Crippen LogP) is 4.63. The van der Waals surface area contributed by atoms with Gasteiger partial charge in [-0.15, -0.1) is 23.2 Å². The molecule has 5 heteroatoms. The molecule has 130 valence electrons. The fourth-order valence-corrected chi connectivity index (χ4v) is 3.67. The summed E-state index contributed by atoms with van der Waals surface area (Å²) in [7, 11) is 0. The summed E-state index contributed by atoms with van der Waals surface area (Å²) in [5.41, 5.74) is 4.29. The number of nitrogens with one attached hydrogen (secondary N) is 1. The monoisotopic (exact) mass is 374 g/mol. The second kappa shape index (κ2) is 7.59. The molecule has 0 saturated heterocycles. The molecular weight excluding hydrogens is 355 g/mol. The number of alkyl halides is 2. The molecule has 1 aliphatic rings. The Morgan fingerprint density at radius 1 is 1.08 bits per heavy atom. The third-order valence-electron chi connectivity index (χ3n) is 4.50. The van der Waals surface area contributed by atoms with Crippen LogP contribution in [0.5, 0.6) is 0 Å². The van der Waals surface area contributed by atoms with Crippen molar-refractivity contribution in [1.82, 2.24) is 5.43 Å². The van der Waals surface area contributed by atoms with E-state index in [0.717, 1.165) is 18.4 Å². The maximum atomic E-state index is 11.9. The van der Waals surface area contributed by atoms with E-state index in [1.165, 1.54) is 5.56 Å². The highest BCUT2D eigenvalue weighted by atomic mass is 35.5. The number of halogens is 2. The van der Waals surface area contributed by atoms with Crippen LogP contribution in [0.15, 0.2) is 65.8 Å². The van der Waals surface area contributed by atoms with Gasteiger partial charge in [0.25, 0.3) is 0 Å². The molecule has 0 spiro atoms. The Kier molecular flexibility index (Phi) is 5.45. The van der Waals surface area contributed by atoms with Gasteiger partial charge in [0.15, 0.2) is 0 Å². The summed E-state index contributed by atoms with van der Waals surface area (Å²) in [6, 6.07) is 19.9. The van der Waals surface area contributed by atoms with E-state index in [9.17, 15) is 4.79 Å². The third-order valence-corrected chi connectivity index (χ3v) is 5.45. The summed E-state index contributed by atoms with van der Waals surface area (Å²) in [6.07, 6.45) is 4.33. The first-order valence-electron chi connectivity index (χ1n) is 8.34. The molecule has 0 aromatic heterocycles. The highest BCUT2D eigenvalue weighted by Crippen LogP contribution is 2.63. The van der Waals surface area contributed by atoms with Crippen molar-refractivity contribution in [2.45, 2.75) is 35.4 Å². The lowest BCUT2D eigenvalue weighted by atomic mass is 9.97. The highest BCUT2D eigenvalue weighted by Gasteiger charge is 2.66. The zero-order chi connectivity index (χ0) is 17.8. The van der Waals surface area contributed by atoms with Gasteiger partial charge in [-0.05, 0) is 30.4 Å². The van der Waals surface area contributed by atoms with Crippen molar-refractivity contribution in [2.24, 2.45) is 5.10 Å². The van der Waals surface area contributed by atoms with E-state index >= 15 is 0 Å². The molecule has 1 aliphatic carbocycles. The molecule has 1 fully saturated rings. The number of hydrogen-bond donors (Lipinski definition) is 1. The van der Waals surface area contributed by atoms with E-state index in [0.29, 0.717) is 12.8 Å². The molecule has 0 aliphatic heterocycles. The van der Waals surface area contributed by atoms with Crippen molar-refractivity contribution < 1.29 is 4.79 Å². The van der Waals surface area contributed by atoms with Crippen molar-refractivity contribution >= 4 is 35.3 Å². The molecule has 1 N–H and O–H groups in total. The van der Waals surface area contributed by atoms with Crippen LogP contribution in [0.2, 0.25) is 0 Å². The van der Waals surface area contributed by atoms with Gasteiger partial charge in [0.05, 0.1) is 5.41 Å². The topological polar surface area (TPSA) is 41.5 Å². The summed E-state index contributed by atoms with van der Waals surface area (Å²) < 4.78 is -0.879. The Labute approximate surface area is 158 Å². The summed E-state index contributed by atoms with van der Waals surface area (Å²) in [4.78, 5) is 11.9. The first-order chi connectivity index (χ1) is 12.0. The molecule has 0 radical (unpaired) electrons. The largest absolute Gasteiger partial charge is 0.273 e. The zero-order valence-corrected chi connectivity index (χ0v) is 15.3. The molecule has 3 nitrogen and oxygen atoms in total. The van der Waals surface area contributed by atoms with Crippen LogP contribution in [0.25, 0.3) is 0 Å². The fraction of sp³-hybridized carbons (Fsp3) is 0.300. The van der Waals surface area contributed by atoms with E-state index in [1.54, 1.807) is 6.21 Å². The van der Waals surface area contributed by atoms with E-state index in [4.69, 9.17) is 23.2 Å². The highest BCUT2D eigenvalue weighted by molar-refractivity contribution is 6.53. The van der Waals surface area contributed by atoms with E-state index < -0.39 is 9.75 Å². The molecule has 25 heavy (non-hydrogen) atoms. The number of aryl methyl sites for hydroxylation is 1. The summed E-state index contributed by atoms with van der Waals surface area (Å²) in [5, 5.41) is 4.11. The molecule has 3 rings (SSSR count). The van der Waals surface area contributed by atoms with Crippen molar-refractivity contribution in [3.8, 4) is 0 Å². The number of carbonyl (C=O) groups is 1. The quantitative estimate of drug-likeness (QED) is 0.428. The average Bonchev–Trinajstić information content (AvgIpc) is 3.19. The van der Waals surface area contributed by atoms with Crippen LogP contribution >= 0.6 is 23.2 Å². The second-order valence-electron chi connectivity index (χ2n) is 6.35. The first-order valence-corrected chi connectivity index (χ1v) is 9.09. The summed E-state index contributed by atoms with van der Waals surface area (Å²) in [5.74, 6) is -0.106. The third kappa shape index (κ3) is 4.23. The van der Waals surface area contributed by atoms with Crippen molar-refractivity contribution in [1.29, 1.82) is 0 Å². The Hall–Kier alpha value is -1.84. The molecule has 1 unspecified atom stereocenters. The van der Waals surface area contributed by atoms with Gasteiger partial charge < -0.3 is 0 Å². The Balaban J connectivity index is 1.51. The number of hydrogen-bond acceptors (Lipinski definition) is 2. The molecule has 0 heterocycles. The van der Waals surface area contributed by atoms with Gasteiger partial charge in [-0.25, -0.2) is 5.43 Å². The number of rotatable bonds is 7. The summed E-state index contributed by atoms with van der Waals surface area (Å²) in [6.45, 7) is 0. The van der Waals surface area contributed by atoms with Crippen molar-refractivity contribution in [3.63, 3.8) is 0 Å². The normalized spacial score (nSPS) is 21.2. The molecule has 1 saturated carbocycles. The van der Waals surface area contributed by atoms with Gasteiger partial charge >= 0.3 is 0 Å². The van der Waals surface area contributed by atoms with Gasteiger partial charge in [0.2, 0.25) is 5.91 Å². The van der Waals surface area contributed by atoms with E-state index in [-0.39, 0.29) is 5.91 Å². The maximum absolute atomic E-state index is 11.9. The lowest BCUT2D eigenvalue weighted by Crippen LogP contribution is -2.22. The van der Waals surface area contributed by atoms with Crippen molar-refractivity contribution in [3.05, 3.63) is 71.8 Å². The van der Waals surface area contributed by atoms with Gasteiger partial charge in [-0.3, -0.25) is 4.79 Å². The Morgan fingerprint density at radius 3 is 2.28 bits per heavy atom. The summed E-state index contributed by atoms with van der Waals surface area (Å²) >= 11 is 12.7. The lowest BCUT2D eigenvalue weighted by molar-refractivity contribution is -0.121. The number of amides is 1. The average molecular weight is 375 g/mol. The van der Waals surface area contributed by atoms with E-state index in [1.807, 2.05) is 48.5 Å². The Morgan fingerprint density at radius 2 is 1.68 bits per heavy atom. The van der Waals surface area contributed by atoms with Crippen LogP contribution in [-0.2, 0) is 16.6 Å². The fourth-order valence-electron chi connectivity index (χ4n) is 2.94. The lowest BCUT2D eigenvalue weighted by Gasteiger charge is -2.13. The van der Waals surface area contributed by atoms with Gasteiger partial charge in [0, 0.05) is 12.6 Å². The van der Waals surface area contributed by atoms with Crippen LogP contribution < -0.4 is 5.43 Å². The molecule has 2 aromatic carbocycles. The maximum Gasteiger partial charge on any atom is 0.240 e. The van der Waals surface area contributed by atoms with Gasteiger partial charge in [0.1, 0.15) is 4.33 Å². The number of benzene rings is 2. The molecule has 1 atom stereocenters. The predicted molar refractivity (Wildman–Crippen MR) is 103 cm³/mol. The Bertz CT molecular complexity index is 747. The molecule has 1 amide bonds. The second-order valence-corrected chi connectivity index (χ2v) is 7.83. The minimum Gasteiger partial charge on any atom is -0.273 e. The van der Waals surface area contributed by atoms with Crippen molar-refractivity contribution in [2.75, 3.05) is 0 Å². The molecular formula is C20H20Cl2N2O. The van der Waals surface area contributed by atoms with Crippen LogP contribution in [0.1, 0.15) is 30.4 Å². The number of nitrogens with zero attached hydrogens (tertiary/aromatic N) is 1. The molecule has 2 aromatic rings. The number of carbonyl (C=O) groups excluding carboxylic acids is 1. The molecule has 0 bridgehead atoms. The first kappa shape index (κ1) is 18.0. The van der Waals surface area contributed by atoms with Crippen LogP contribution in [-0.4, -0.2) is 16.5 Å². The number of hydrazone groups is 1. The zero-order valence-electron chi connectivity index (χ0n) is 13.8. The van der Waals surface area contributed by atoms with Crippen LogP contribution in [0, 0.1) is 0 Å².